The van der Waals surface area contributed by atoms with Crippen LogP contribution in [0.3, 0.4) is 0 Å². The third-order valence-electron chi connectivity index (χ3n) is 6.14. The number of nitrogens with one attached hydrogen (secondary N) is 1. The predicted molar refractivity (Wildman–Crippen MR) is 126 cm³/mol. The lowest BCUT2D eigenvalue weighted by Crippen LogP contribution is -2.43. The number of nitro groups is 1. The minimum atomic E-state index is -1.52. The summed E-state index contributed by atoms with van der Waals surface area (Å²) in [5.74, 6) is 0. The largest absolute Gasteiger partial charge is 0.333 e. The maximum Gasteiger partial charge on any atom is 0.333 e. The highest BCUT2D eigenvalue weighted by atomic mass is 16.6. The van der Waals surface area contributed by atoms with Crippen LogP contribution >= 0.6 is 0 Å². The average molecular weight is 402 g/mol. The molecule has 31 heavy (non-hydrogen) atoms. The van der Waals surface area contributed by atoms with Gasteiger partial charge in [-0.15, -0.1) is 0 Å². The van der Waals surface area contributed by atoms with Crippen molar-refractivity contribution >= 4 is 38.9 Å². The lowest BCUT2D eigenvalue weighted by molar-refractivity contribution is -0.532. The second-order valence-corrected chi connectivity index (χ2v) is 8.01. The molecule has 2 aliphatic carbocycles. The molecule has 0 heterocycles. The van der Waals surface area contributed by atoms with E-state index >= 15 is 0 Å². The molecule has 1 atom stereocenters. The summed E-state index contributed by atoms with van der Waals surface area (Å²) in [4.78, 5) is 12.1. The first kappa shape index (κ1) is 17.7. The fourth-order valence-corrected chi connectivity index (χ4v) is 4.60. The molecule has 4 nitrogen and oxygen atoms in total. The Morgan fingerprint density at radius 1 is 0.839 bits per heavy atom. The summed E-state index contributed by atoms with van der Waals surface area (Å²) in [5, 5.41) is 22.0. The van der Waals surface area contributed by atoms with Gasteiger partial charge >= 0.3 is 5.66 Å². The van der Waals surface area contributed by atoms with Crippen LogP contribution in [0.1, 0.15) is 0 Å². The van der Waals surface area contributed by atoms with Gasteiger partial charge < -0.3 is 5.32 Å². The Bertz CT molecular complexity index is 1600. The van der Waals surface area contributed by atoms with Gasteiger partial charge in [-0.25, -0.2) is 0 Å². The predicted octanol–water partition coefficient (Wildman–Crippen LogP) is 4.52. The van der Waals surface area contributed by atoms with Gasteiger partial charge in [-0.3, -0.25) is 10.1 Å². The van der Waals surface area contributed by atoms with Gasteiger partial charge in [-0.1, -0.05) is 60.7 Å². The molecule has 4 aromatic carbocycles. The molecule has 0 spiro atoms. The van der Waals surface area contributed by atoms with Crippen LogP contribution in [0, 0.1) is 10.1 Å². The van der Waals surface area contributed by atoms with Crippen LogP contribution in [0.25, 0.3) is 33.2 Å². The van der Waals surface area contributed by atoms with Crippen molar-refractivity contribution < 1.29 is 4.92 Å². The lowest BCUT2D eigenvalue weighted by atomic mass is 9.93. The molecule has 0 bridgehead atoms. The van der Waals surface area contributed by atoms with Crippen LogP contribution in [-0.2, 0) is 0 Å². The van der Waals surface area contributed by atoms with E-state index in [4.69, 9.17) is 0 Å². The van der Waals surface area contributed by atoms with Gasteiger partial charge in [0.25, 0.3) is 0 Å². The summed E-state index contributed by atoms with van der Waals surface area (Å²) in [6.07, 6.45) is 7.27. The van der Waals surface area contributed by atoms with Crippen LogP contribution in [0.2, 0.25) is 0 Å². The Labute approximate surface area is 178 Å². The van der Waals surface area contributed by atoms with E-state index in [-0.39, 0.29) is 4.92 Å². The van der Waals surface area contributed by atoms with Crippen molar-refractivity contribution in [1.29, 1.82) is 0 Å². The van der Waals surface area contributed by atoms with Gasteiger partial charge in [0.1, 0.15) is 0 Å². The second-order valence-electron chi connectivity index (χ2n) is 8.01. The van der Waals surface area contributed by atoms with Gasteiger partial charge in [0.05, 0.1) is 4.92 Å². The molecule has 4 heteroatoms. The Hall–Kier alpha value is -4.18. The van der Waals surface area contributed by atoms with Gasteiger partial charge in [-0.2, -0.15) is 0 Å². The van der Waals surface area contributed by atoms with Crippen molar-refractivity contribution in [3.8, 4) is 0 Å². The summed E-state index contributed by atoms with van der Waals surface area (Å²) in [6, 6.07) is 26.3. The van der Waals surface area contributed by atoms with E-state index in [2.05, 4.69) is 35.6 Å². The first-order chi connectivity index (χ1) is 15.1. The summed E-state index contributed by atoms with van der Waals surface area (Å²) in [6.45, 7) is 0. The molecule has 148 valence electrons. The topological polar surface area (TPSA) is 55.2 Å². The van der Waals surface area contributed by atoms with Crippen LogP contribution in [0.15, 0.2) is 103 Å². The van der Waals surface area contributed by atoms with Crippen LogP contribution < -0.4 is 15.8 Å². The highest BCUT2D eigenvalue weighted by molar-refractivity contribution is 6.04. The van der Waals surface area contributed by atoms with Crippen LogP contribution in [0.5, 0.6) is 0 Å². The van der Waals surface area contributed by atoms with Gasteiger partial charge in [-0.05, 0) is 68.1 Å². The molecule has 0 fully saturated rings. The number of nitrogens with zero attached hydrogens (tertiary/aromatic N) is 1. The maximum absolute atomic E-state index is 12.3. The van der Waals surface area contributed by atoms with Crippen molar-refractivity contribution in [2.24, 2.45) is 0 Å². The molecule has 1 N–H and O–H groups in total. The zero-order valence-corrected chi connectivity index (χ0v) is 16.6. The van der Waals surface area contributed by atoms with E-state index < -0.39 is 5.66 Å². The molecule has 0 aromatic heterocycles. The SMILES string of the molecule is O=[N+]([O-])C1(Nc2cccc3cc4ccccc4cc23)C=CC2=c3ccccc3=CC2=C1. The molecule has 1 unspecified atom stereocenters. The summed E-state index contributed by atoms with van der Waals surface area (Å²) < 4.78 is 0. The normalized spacial score (nSPS) is 19.0. The van der Waals surface area contributed by atoms with Crippen molar-refractivity contribution in [2.45, 2.75) is 5.66 Å². The quantitative estimate of drug-likeness (QED) is 0.237. The van der Waals surface area contributed by atoms with Crippen molar-refractivity contribution in [3.63, 3.8) is 0 Å². The number of benzene rings is 4. The lowest BCUT2D eigenvalue weighted by Gasteiger charge is -2.25. The maximum atomic E-state index is 12.3. The molecule has 4 aromatic rings. The zero-order valence-electron chi connectivity index (χ0n) is 16.6. The van der Waals surface area contributed by atoms with E-state index in [1.165, 1.54) is 0 Å². The highest BCUT2D eigenvalue weighted by Gasteiger charge is 2.41. The molecule has 0 amide bonds. The molecular weight excluding hydrogens is 384 g/mol. The van der Waals surface area contributed by atoms with Crippen molar-refractivity contribution in [3.05, 3.63) is 123 Å². The van der Waals surface area contributed by atoms with E-state index in [0.717, 1.165) is 48.8 Å². The Kier molecular flexibility index (Phi) is 3.65. The fraction of sp³-hybridized carbons (Fsp3) is 0.0370. The summed E-state index contributed by atoms with van der Waals surface area (Å²) in [5.41, 5.74) is 1.12. The molecule has 0 aliphatic heterocycles. The third-order valence-corrected chi connectivity index (χ3v) is 6.14. The van der Waals surface area contributed by atoms with Gasteiger partial charge in [0, 0.05) is 23.2 Å². The van der Waals surface area contributed by atoms with Crippen LogP contribution in [0.4, 0.5) is 5.69 Å². The number of fused-ring (bicyclic) bond motifs is 4. The second kappa shape index (κ2) is 6.41. The minimum Gasteiger partial charge on any atom is -0.314 e. The molecule has 0 radical (unpaired) electrons. The van der Waals surface area contributed by atoms with E-state index in [1.807, 2.05) is 60.7 Å². The highest BCUT2D eigenvalue weighted by Crippen LogP contribution is 2.34. The Morgan fingerprint density at radius 3 is 2.42 bits per heavy atom. The van der Waals surface area contributed by atoms with Crippen LogP contribution in [-0.4, -0.2) is 10.6 Å². The summed E-state index contributed by atoms with van der Waals surface area (Å²) in [7, 11) is 0. The number of hydrogen-bond acceptors (Lipinski definition) is 3. The number of hydrogen-bond donors (Lipinski definition) is 1. The van der Waals surface area contributed by atoms with Crippen molar-refractivity contribution in [2.75, 3.05) is 5.32 Å². The molecule has 6 rings (SSSR count). The first-order valence-electron chi connectivity index (χ1n) is 10.2. The first-order valence-corrected chi connectivity index (χ1v) is 10.2. The van der Waals surface area contributed by atoms with Gasteiger partial charge in [0.2, 0.25) is 0 Å². The Morgan fingerprint density at radius 2 is 1.58 bits per heavy atom. The molecule has 2 aliphatic rings. The zero-order chi connectivity index (χ0) is 21.0. The average Bonchev–Trinajstić information content (AvgIpc) is 3.15. The standard InChI is InChI=1S/C27H18N2O2/c30-29(31)27(13-12-24-22(17-27)15-20-8-3-4-10-23(20)24)28-26-11-5-9-21-14-18-6-1-2-7-19(18)16-25(21)26/h1-17,28H. The molecule has 0 saturated carbocycles. The van der Waals surface area contributed by atoms with E-state index in [1.54, 1.807) is 12.2 Å². The number of allylic oxidation sites excluding steroid dienone is 2. The smallest absolute Gasteiger partial charge is 0.314 e. The van der Waals surface area contributed by atoms with E-state index in [9.17, 15) is 10.1 Å². The Balaban J connectivity index is 1.51. The monoisotopic (exact) mass is 402 g/mol. The molecular formula is C27H18N2O2. The fourth-order valence-electron chi connectivity index (χ4n) is 4.60. The minimum absolute atomic E-state index is 0.260. The number of rotatable bonds is 3. The van der Waals surface area contributed by atoms with Crippen molar-refractivity contribution in [1.82, 2.24) is 0 Å². The van der Waals surface area contributed by atoms with E-state index in [0.29, 0.717) is 0 Å². The molecule has 0 saturated heterocycles. The number of anilines is 1. The van der Waals surface area contributed by atoms with Gasteiger partial charge in [0.15, 0.2) is 0 Å². The summed E-state index contributed by atoms with van der Waals surface area (Å²) >= 11 is 0. The third kappa shape index (κ3) is 2.69.